The maximum atomic E-state index is 11.2. The van der Waals surface area contributed by atoms with Gasteiger partial charge in [-0.25, -0.2) is 4.79 Å². The molecule has 1 aromatic carbocycles. The SMILES string of the molecule is CC1=C(C(=O)O)CCCc2c(C)cccc21. The molecule has 1 aliphatic carbocycles. The van der Waals surface area contributed by atoms with Crippen molar-refractivity contribution in [1.82, 2.24) is 0 Å². The lowest BCUT2D eigenvalue weighted by molar-refractivity contribution is -0.132. The number of allylic oxidation sites excluding steroid dienone is 1. The first-order valence-corrected chi connectivity index (χ1v) is 5.63. The monoisotopic (exact) mass is 216 g/mol. The minimum atomic E-state index is -0.771. The molecule has 0 unspecified atom stereocenters. The summed E-state index contributed by atoms with van der Waals surface area (Å²) in [6.45, 7) is 4.02. The summed E-state index contributed by atoms with van der Waals surface area (Å²) in [6, 6.07) is 6.13. The smallest absolute Gasteiger partial charge is 0.331 e. The van der Waals surface area contributed by atoms with E-state index in [1.807, 2.05) is 19.1 Å². The van der Waals surface area contributed by atoms with Crippen LogP contribution < -0.4 is 0 Å². The van der Waals surface area contributed by atoms with E-state index >= 15 is 0 Å². The van der Waals surface area contributed by atoms with Crippen LogP contribution in [0.1, 0.15) is 36.5 Å². The second-order valence-electron chi connectivity index (χ2n) is 4.36. The maximum Gasteiger partial charge on any atom is 0.331 e. The standard InChI is InChI=1S/C14H16O2/c1-9-5-3-7-12-10(2)13(14(15)16)8-4-6-11(9)12/h3,5,7H,4,6,8H2,1-2H3,(H,15,16). The van der Waals surface area contributed by atoms with Gasteiger partial charge in [0.1, 0.15) is 0 Å². The molecule has 0 saturated carbocycles. The molecule has 0 saturated heterocycles. The Labute approximate surface area is 95.6 Å². The predicted octanol–water partition coefficient (Wildman–Crippen LogP) is 3.19. The highest BCUT2D eigenvalue weighted by Crippen LogP contribution is 2.31. The molecule has 2 heteroatoms. The van der Waals surface area contributed by atoms with Crippen molar-refractivity contribution in [2.75, 3.05) is 0 Å². The summed E-state index contributed by atoms with van der Waals surface area (Å²) in [6.07, 6.45) is 2.59. The quantitative estimate of drug-likeness (QED) is 0.782. The molecule has 16 heavy (non-hydrogen) atoms. The highest BCUT2D eigenvalue weighted by atomic mass is 16.4. The Morgan fingerprint density at radius 2 is 2.00 bits per heavy atom. The second kappa shape index (κ2) is 4.12. The summed E-state index contributed by atoms with van der Waals surface area (Å²) in [5, 5.41) is 9.17. The van der Waals surface area contributed by atoms with Crippen molar-refractivity contribution < 1.29 is 9.90 Å². The van der Waals surface area contributed by atoms with Gasteiger partial charge in [-0.2, -0.15) is 0 Å². The van der Waals surface area contributed by atoms with E-state index in [1.54, 1.807) is 0 Å². The van der Waals surface area contributed by atoms with Gasteiger partial charge in [-0.15, -0.1) is 0 Å². The molecule has 0 heterocycles. The summed E-state index contributed by atoms with van der Waals surface area (Å²) < 4.78 is 0. The first-order valence-electron chi connectivity index (χ1n) is 5.63. The van der Waals surface area contributed by atoms with Crippen molar-refractivity contribution in [3.63, 3.8) is 0 Å². The molecule has 84 valence electrons. The van der Waals surface area contributed by atoms with E-state index < -0.39 is 5.97 Å². The van der Waals surface area contributed by atoms with E-state index in [1.165, 1.54) is 11.1 Å². The number of carboxylic acids is 1. The molecule has 0 aromatic heterocycles. The Bertz CT molecular complexity index is 470. The number of rotatable bonds is 1. The fourth-order valence-corrected chi connectivity index (χ4v) is 2.44. The van der Waals surface area contributed by atoms with Crippen LogP contribution in [-0.4, -0.2) is 11.1 Å². The Balaban J connectivity index is 2.63. The molecule has 2 nitrogen and oxygen atoms in total. The molecule has 1 aromatic rings. The van der Waals surface area contributed by atoms with Gasteiger partial charge in [0.15, 0.2) is 0 Å². The second-order valence-corrected chi connectivity index (χ2v) is 4.36. The lowest BCUT2D eigenvalue weighted by atomic mass is 9.95. The Morgan fingerprint density at radius 1 is 1.25 bits per heavy atom. The van der Waals surface area contributed by atoms with E-state index in [4.69, 9.17) is 0 Å². The molecule has 1 aliphatic rings. The minimum Gasteiger partial charge on any atom is -0.478 e. The number of hydrogen-bond acceptors (Lipinski definition) is 1. The van der Waals surface area contributed by atoms with Crippen molar-refractivity contribution in [2.24, 2.45) is 0 Å². The summed E-state index contributed by atoms with van der Waals surface area (Å²) >= 11 is 0. The molecule has 0 aliphatic heterocycles. The van der Waals surface area contributed by atoms with Crippen LogP contribution in [0.2, 0.25) is 0 Å². The number of aryl methyl sites for hydroxylation is 1. The molecule has 2 rings (SSSR count). The average molecular weight is 216 g/mol. The zero-order chi connectivity index (χ0) is 11.7. The normalized spacial score (nSPS) is 15.6. The van der Waals surface area contributed by atoms with Gasteiger partial charge in [0.2, 0.25) is 0 Å². The van der Waals surface area contributed by atoms with E-state index in [9.17, 15) is 9.90 Å². The first-order chi connectivity index (χ1) is 7.61. The molecule has 0 atom stereocenters. The minimum absolute atomic E-state index is 0.573. The van der Waals surface area contributed by atoms with E-state index in [2.05, 4.69) is 13.0 Å². The van der Waals surface area contributed by atoms with E-state index in [0.717, 1.165) is 24.0 Å². The van der Waals surface area contributed by atoms with Crippen LogP contribution in [0.4, 0.5) is 0 Å². The lowest BCUT2D eigenvalue weighted by Gasteiger charge is -2.10. The van der Waals surface area contributed by atoms with Gasteiger partial charge in [-0.1, -0.05) is 18.2 Å². The molecule has 0 fully saturated rings. The number of hydrogen-bond donors (Lipinski definition) is 1. The number of fused-ring (bicyclic) bond motifs is 1. The third-order valence-corrected chi connectivity index (χ3v) is 3.38. The summed E-state index contributed by atoms with van der Waals surface area (Å²) in [5.41, 5.74) is 5.21. The third-order valence-electron chi connectivity index (χ3n) is 3.38. The number of aliphatic carboxylic acids is 1. The van der Waals surface area contributed by atoms with Gasteiger partial charge in [0, 0.05) is 5.57 Å². The molecule has 1 N–H and O–H groups in total. The van der Waals surface area contributed by atoms with E-state index in [0.29, 0.717) is 12.0 Å². The maximum absolute atomic E-state index is 11.2. The topological polar surface area (TPSA) is 37.3 Å². The van der Waals surface area contributed by atoms with Gasteiger partial charge in [-0.3, -0.25) is 0 Å². The zero-order valence-electron chi connectivity index (χ0n) is 9.71. The van der Waals surface area contributed by atoms with Crippen LogP contribution in [0.3, 0.4) is 0 Å². The fourth-order valence-electron chi connectivity index (χ4n) is 2.44. The number of benzene rings is 1. The number of carboxylic acid groups (broad SMARTS) is 1. The molecule has 0 bridgehead atoms. The van der Waals surface area contributed by atoms with Crippen molar-refractivity contribution in [3.8, 4) is 0 Å². The van der Waals surface area contributed by atoms with Crippen molar-refractivity contribution in [2.45, 2.75) is 33.1 Å². The summed E-state index contributed by atoms with van der Waals surface area (Å²) in [5.74, 6) is -0.771. The molecule has 0 radical (unpaired) electrons. The van der Waals surface area contributed by atoms with Crippen LogP contribution in [0.25, 0.3) is 5.57 Å². The molecular weight excluding hydrogens is 200 g/mol. The van der Waals surface area contributed by atoms with Gasteiger partial charge < -0.3 is 5.11 Å². The zero-order valence-corrected chi connectivity index (χ0v) is 9.71. The predicted molar refractivity (Wildman–Crippen MR) is 64.3 cm³/mol. The number of carbonyl (C=O) groups is 1. The van der Waals surface area contributed by atoms with Gasteiger partial charge in [0.25, 0.3) is 0 Å². The van der Waals surface area contributed by atoms with Crippen molar-refractivity contribution >= 4 is 11.5 Å². The van der Waals surface area contributed by atoms with Crippen molar-refractivity contribution in [3.05, 3.63) is 40.5 Å². The lowest BCUT2D eigenvalue weighted by Crippen LogP contribution is -2.02. The van der Waals surface area contributed by atoms with Gasteiger partial charge in [-0.05, 0) is 55.4 Å². The average Bonchev–Trinajstić information content (AvgIpc) is 2.40. The van der Waals surface area contributed by atoms with Crippen molar-refractivity contribution in [1.29, 1.82) is 0 Å². The Kier molecular flexibility index (Phi) is 2.82. The largest absolute Gasteiger partial charge is 0.478 e. The highest BCUT2D eigenvalue weighted by molar-refractivity contribution is 5.96. The fraction of sp³-hybridized carbons (Fsp3) is 0.357. The molecular formula is C14H16O2. The molecule has 0 spiro atoms. The molecule has 0 amide bonds. The third kappa shape index (κ3) is 1.75. The van der Waals surface area contributed by atoms with Crippen LogP contribution in [-0.2, 0) is 11.2 Å². The van der Waals surface area contributed by atoms with E-state index in [-0.39, 0.29) is 0 Å². The summed E-state index contributed by atoms with van der Waals surface area (Å²) in [4.78, 5) is 11.2. The summed E-state index contributed by atoms with van der Waals surface area (Å²) in [7, 11) is 0. The Morgan fingerprint density at radius 3 is 2.69 bits per heavy atom. The van der Waals surface area contributed by atoms with Gasteiger partial charge in [0.05, 0.1) is 0 Å². The first kappa shape index (κ1) is 10.9. The van der Waals surface area contributed by atoms with Crippen LogP contribution in [0.15, 0.2) is 23.8 Å². The Hall–Kier alpha value is -1.57. The van der Waals surface area contributed by atoms with Gasteiger partial charge >= 0.3 is 5.97 Å². The highest BCUT2D eigenvalue weighted by Gasteiger charge is 2.19. The van der Waals surface area contributed by atoms with Crippen LogP contribution in [0.5, 0.6) is 0 Å². The van der Waals surface area contributed by atoms with Crippen LogP contribution in [0, 0.1) is 6.92 Å². The van der Waals surface area contributed by atoms with Crippen LogP contribution >= 0.6 is 0 Å².